The van der Waals surface area contributed by atoms with Gasteiger partial charge in [0.05, 0.1) is 19.3 Å². The maximum atomic E-state index is 12.3. The van der Waals surface area contributed by atoms with Gasteiger partial charge in [-0.2, -0.15) is 11.8 Å². The topological polar surface area (TPSA) is 191 Å². The lowest BCUT2D eigenvalue weighted by atomic mass is 10.1. The van der Waals surface area contributed by atoms with E-state index in [-0.39, 0.29) is 13.0 Å². The van der Waals surface area contributed by atoms with E-state index in [1.54, 1.807) is 6.26 Å². The molecule has 0 radical (unpaired) electrons. The molecule has 0 fully saturated rings. The number of aliphatic hydroxyl groups excluding tert-OH is 2. The summed E-state index contributed by atoms with van der Waals surface area (Å²) in [5.41, 5.74) is 5.16. The Balaban J connectivity index is 5.15. The van der Waals surface area contributed by atoms with Crippen LogP contribution in [0.5, 0.6) is 0 Å². The number of amides is 3. The number of carbonyl (C=O) groups excluding carboxylic acids is 3. The van der Waals surface area contributed by atoms with Gasteiger partial charge in [-0.3, -0.25) is 14.4 Å². The molecule has 0 saturated heterocycles. The predicted molar refractivity (Wildman–Crippen MR) is 94.2 cm³/mol. The van der Waals surface area contributed by atoms with Crippen LogP contribution in [0, 0.1) is 0 Å². The predicted octanol–water partition coefficient (Wildman–Crippen LogP) is -3.39. The van der Waals surface area contributed by atoms with Crippen molar-refractivity contribution in [3.8, 4) is 0 Å². The fraction of sp³-hybridized carbons (Fsp3) is 0.714. The molecule has 11 nitrogen and oxygen atoms in total. The van der Waals surface area contributed by atoms with Crippen LogP contribution in [-0.2, 0) is 19.2 Å². The normalized spacial score (nSPS) is 15.3. The number of hydrogen-bond acceptors (Lipinski definition) is 8. The average molecular weight is 394 g/mol. The highest BCUT2D eigenvalue weighted by Crippen LogP contribution is 2.04. The molecule has 0 aliphatic carbocycles. The number of carboxylic acid groups (broad SMARTS) is 1. The molecule has 0 heterocycles. The van der Waals surface area contributed by atoms with Gasteiger partial charge < -0.3 is 37.0 Å². The van der Waals surface area contributed by atoms with Crippen molar-refractivity contribution in [3.63, 3.8) is 0 Å². The average Bonchev–Trinajstić information content (AvgIpc) is 2.59. The highest BCUT2D eigenvalue weighted by Gasteiger charge is 2.30. The zero-order valence-electron chi connectivity index (χ0n) is 14.6. The van der Waals surface area contributed by atoms with E-state index in [4.69, 9.17) is 15.9 Å². The van der Waals surface area contributed by atoms with Crippen LogP contribution in [0.15, 0.2) is 0 Å². The Morgan fingerprint density at radius 1 is 1.08 bits per heavy atom. The van der Waals surface area contributed by atoms with E-state index in [0.717, 1.165) is 0 Å². The fourth-order valence-corrected chi connectivity index (χ4v) is 2.33. The van der Waals surface area contributed by atoms with Gasteiger partial charge in [-0.15, -0.1) is 0 Å². The monoisotopic (exact) mass is 394 g/mol. The lowest BCUT2D eigenvalue weighted by Gasteiger charge is -2.25. The zero-order valence-corrected chi connectivity index (χ0v) is 15.4. The molecule has 3 amide bonds. The summed E-state index contributed by atoms with van der Waals surface area (Å²) < 4.78 is 0. The van der Waals surface area contributed by atoms with Gasteiger partial charge in [-0.05, 0) is 25.4 Å². The van der Waals surface area contributed by atoms with Crippen molar-refractivity contribution in [2.75, 3.05) is 25.2 Å². The minimum atomic E-state index is -1.51. The van der Waals surface area contributed by atoms with Crippen molar-refractivity contribution in [2.24, 2.45) is 5.73 Å². The second-order valence-corrected chi connectivity index (χ2v) is 6.40. The van der Waals surface area contributed by atoms with E-state index in [0.29, 0.717) is 5.75 Å². The van der Waals surface area contributed by atoms with Crippen molar-refractivity contribution in [1.82, 2.24) is 16.0 Å². The van der Waals surface area contributed by atoms with Gasteiger partial charge in [-0.1, -0.05) is 0 Å². The first-order valence-electron chi connectivity index (χ1n) is 7.78. The molecule has 0 spiro atoms. The van der Waals surface area contributed by atoms with Crippen LogP contribution in [0.4, 0.5) is 0 Å². The molecule has 0 saturated carbocycles. The first kappa shape index (κ1) is 24.1. The summed E-state index contributed by atoms with van der Waals surface area (Å²) in [5.74, 6) is -3.23. The zero-order chi connectivity index (χ0) is 20.3. The third-order valence-electron chi connectivity index (χ3n) is 3.31. The lowest BCUT2D eigenvalue weighted by Crippen LogP contribution is -2.59. The van der Waals surface area contributed by atoms with Crippen LogP contribution in [0.3, 0.4) is 0 Å². The molecular formula is C14H26N4O7S. The summed E-state index contributed by atoms with van der Waals surface area (Å²) in [6, 6.07) is -3.95. The minimum Gasteiger partial charge on any atom is -0.480 e. The second-order valence-electron chi connectivity index (χ2n) is 5.41. The number of aliphatic carboxylic acids is 1. The van der Waals surface area contributed by atoms with E-state index >= 15 is 0 Å². The van der Waals surface area contributed by atoms with Gasteiger partial charge in [0.25, 0.3) is 0 Å². The maximum absolute atomic E-state index is 12.3. The van der Waals surface area contributed by atoms with Gasteiger partial charge in [0.1, 0.15) is 18.1 Å². The van der Waals surface area contributed by atoms with Crippen LogP contribution in [0.1, 0.15) is 13.3 Å². The summed E-state index contributed by atoms with van der Waals surface area (Å²) in [4.78, 5) is 46.9. The molecule has 0 aromatic heterocycles. The summed E-state index contributed by atoms with van der Waals surface area (Å²) in [6.07, 6.45) is 0.706. The second kappa shape index (κ2) is 12.5. The van der Waals surface area contributed by atoms with Crippen LogP contribution in [-0.4, -0.2) is 88.4 Å². The maximum Gasteiger partial charge on any atom is 0.328 e. The van der Waals surface area contributed by atoms with Crippen molar-refractivity contribution in [1.29, 1.82) is 0 Å². The van der Waals surface area contributed by atoms with Crippen molar-refractivity contribution >= 4 is 35.5 Å². The number of nitrogens with two attached hydrogens (primary N) is 1. The molecule has 12 heteroatoms. The Morgan fingerprint density at radius 2 is 1.65 bits per heavy atom. The SMILES string of the molecule is CSCCC(NC(=O)C(NC(=O)CN)C(C)O)C(=O)NC(CO)C(=O)O. The summed E-state index contributed by atoms with van der Waals surface area (Å²) >= 11 is 1.40. The van der Waals surface area contributed by atoms with Crippen molar-refractivity contribution in [2.45, 2.75) is 37.6 Å². The number of nitrogens with one attached hydrogen (secondary N) is 3. The highest BCUT2D eigenvalue weighted by atomic mass is 32.2. The third kappa shape index (κ3) is 8.47. The standard InChI is InChI=1S/C14H26N4O7S/c1-7(20)11(18-10(21)5-15)13(23)16-8(3-4-26-2)12(22)17-9(6-19)14(24)25/h7-9,11,19-20H,3-6,15H2,1-2H3,(H,16,23)(H,17,22)(H,18,21)(H,24,25). The molecule has 4 atom stereocenters. The van der Waals surface area contributed by atoms with E-state index in [2.05, 4.69) is 16.0 Å². The Labute approximate surface area is 155 Å². The molecule has 0 aromatic rings. The number of rotatable bonds is 12. The molecule has 0 aliphatic heterocycles. The van der Waals surface area contributed by atoms with E-state index < -0.39 is 54.5 Å². The molecule has 4 unspecified atom stereocenters. The Bertz CT molecular complexity index is 504. The van der Waals surface area contributed by atoms with Crippen LogP contribution >= 0.6 is 11.8 Å². The molecular weight excluding hydrogens is 368 g/mol. The highest BCUT2D eigenvalue weighted by molar-refractivity contribution is 7.98. The Hall–Kier alpha value is -1.89. The fourth-order valence-electron chi connectivity index (χ4n) is 1.86. The lowest BCUT2D eigenvalue weighted by molar-refractivity contribution is -0.143. The smallest absolute Gasteiger partial charge is 0.328 e. The van der Waals surface area contributed by atoms with Crippen LogP contribution in [0.25, 0.3) is 0 Å². The number of aliphatic hydroxyl groups is 2. The Kier molecular flexibility index (Phi) is 11.6. The molecule has 0 bridgehead atoms. The Morgan fingerprint density at radius 3 is 2.08 bits per heavy atom. The van der Waals surface area contributed by atoms with Gasteiger partial charge >= 0.3 is 5.97 Å². The number of hydrogen-bond donors (Lipinski definition) is 7. The molecule has 26 heavy (non-hydrogen) atoms. The first-order valence-corrected chi connectivity index (χ1v) is 9.18. The quantitative estimate of drug-likeness (QED) is 0.177. The van der Waals surface area contributed by atoms with E-state index in [9.17, 15) is 24.3 Å². The first-order chi connectivity index (χ1) is 12.2. The summed E-state index contributed by atoms with van der Waals surface area (Å²) in [7, 11) is 0. The van der Waals surface area contributed by atoms with Gasteiger partial charge in [0.15, 0.2) is 0 Å². The number of thioether (sulfide) groups is 1. The van der Waals surface area contributed by atoms with Crippen molar-refractivity contribution < 1.29 is 34.5 Å². The molecule has 0 aromatic carbocycles. The summed E-state index contributed by atoms with van der Waals surface area (Å²) in [6.45, 7) is 0.0844. The molecule has 0 aliphatic rings. The third-order valence-corrected chi connectivity index (χ3v) is 3.95. The minimum absolute atomic E-state index is 0.174. The molecule has 150 valence electrons. The molecule has 0 rings (SSSR count). The van der Waals surface area contributed by atoms with Gasteiger partial charge in [0, 0.05) is 0 Å². The molecule has 8 N–H and O–H groups in total. The number of carboxylic acids is 1. The summed E-state index contributed by atoms with van der Waals surface area (Å²) in [5, 5.41) is 34.3. The van der Waals surface area contributed by atoms with E-state index in [1.165, 1.54) is 18.7 Å². The van der Waals surface area contributed by atoms with Gasteiger partial charge in [0.2, 0.25) is 17.7 Å². The van der Waals surface area contributed by atoms with Crippen LogP contribution in [0.2, 0.25) is 0 Å². The number of carbonyl (C=O) groups is 4. The van der Waals surface area contributed by atoms with Gasteiger partial charge in [-0.25, -0.2) is 4.79 Å². The van der Waals surface area contributed by atoms with E-state index in [1.807, 2.05) is 0 Å². The largest absolute Gasteiger partial charge is 0.480 e. The van der Waals surface area contributed by atoms with Crippen molar-refractivity contribution in [3.05, 3.63) is 0 Å². The van der Waals surface area contributed by atoms with Crippen LogP contribution < -0.4 is 21.7 Å².